The summed E-state index contributed by atoms with van der Waals surface area (Å²) in [6.07, 6.45) is 4.02. The average molecular weight is 797 g/mol. The molecule has 6 rings (SSSR count). The fraction of sp³-hybridized carbons (Fsp3) is 0.444. The second kappa shape index (κ2) is 17.9. The van der Waals surface area contributed by atoms with Gasteiger partial charge in [-0.05, 0) is 125 Å². The zero-order chi connectivity index (χ0) is 41.7. The highest BCUT2D eigenvalue weighted by atomic mass is 32.1. The molecule has 0 radical (unpaired) electrons. The summed E-state index contributed by atoms with van der Waals surface area (Å²) in [6.45, 7) is 18.1. The molecule has 2 aliphatic rings. The first kappa shape index (κ1) is 42.9. The molecule has 2 aromatic heterocycles. The van der Waals surface area contributed by atoms with E-state index in [0.717, 1.165) is 58.4 Å². The highest BCUT2D eigenvalue weighted by Gasteiger charge is 2.36. The number of esters is 1. The molecule has 1 aliphatic heterocycles. The maximum Gasteiger partial charge on any atom is 0.407 e. The number of benzene rings is 2. The summed E-state index contributed by atoms with van der Waals surface area (Å²) < 4.78 is 16.8. The van der Waals surface area contributed by atoms with Gasteiger partial charge in [-0.3, -0.25) is 9.59 Å². The number of amides is 3. The van der Waals surface area contributed by atoms with E-state index in [4.69, 9.17) is 14.2 Å². The van der Waals surface area contributed by atoms with Gasteiger partial charge in [-0.25, -0.2) is 14.6 Å². The second-order valence-electron chi connectivity index (χ2n) is 15.8. The Morgan fingerprint density at radius 2 is 1.70 bits per heavy atom. The third-order valence-electron chi connectivity index (χ3n) is 10.3. The van der Waals surface area contributed by atoms with Gasteiger partial charge in [-0.1, -0.05) is 39.3 Å². The predicted molar refractivity (Wildman–Crippen MR) is 225 cm³/mol. The van der Waals surface area contributed by atoms with Crippen molar-refractivity contribution in [1.82, 2.24) is 15.6 Å². The average Bonchev–Trinajstić information content (AvgIpc) is 3.76. The number of ether oxygens (including phenoxy) is 3. The third kappa shape index (κ3) is 10.0. The first-order valence-corrected chi connectivity index (χ1v) is 20.6. The number of methoxy groups -OCH3 is 1. The van der Waals surface area contributed by atoms with Crippen molar-refractivity contribution in [2.24, 2.45) is 5.92 Å². The number of nitrogens with one attached hydrogen (secondary N) is 3. The van der Waals surface area contributed by atoms with Crippen LogP contribution in [-0.4, -0.2) is 53.7 Å². The number of hydrogen-bond donors (Lipinski definition) is 3. The zero-order valence-electron chi connectivity index (χ0n) is 34.9. The first-order chi connectivity index (χ1) is 27.1. The molecule has 1 aliphatic carbocycles. The van der Waals surface area contributed by atoms with Crippen molar-refractivity contribution in [3.63, 3.8) is 0 Å². The minimum absolute atomic E-state index is 0.0815. The molecule has 3 N–H and O–H groups in total. The Bertz CT molecular complexity index is 2130. The van der Waals surface area contributed by atoms with E-state index < -0.39 is 23.6 Å². The van der Waals surface area contributed by atoms with Crippen LogP contribution in [0.1, 0.15) is 128 Å². The second-order valence-corrected chi connectivity index (χ2v) is 16.7. The summed E-state index contributed by atoms with van der Waals surface area (Å²) in [4.78, 5) is 59.4. The van der Waals surface area contributed by atoms with Crippen molar-refractivity contribution in [3.05, 3.63) is 87.0 Å². The van der Waals surface area contributed by atoms with Gasteiger partial charge in [0.25, 0.3) is 11.8 Å². The molecule has 0 spiro atoms. The molecule has 12 heteroatoms. The van der Waals surface area contributed by atoms with E-state index in [0.29, 0.717) is 41.5 Å². The van der Waals surface area contributed by atoms with Gasteiger partial charge in [-0.2, -0.15) is 0 Å². The Balaban J connectivity index is 0.00000305. The van der Waals surface area contributed by atoms with Crippen LogP contribution in [-0.2, 0) is 22.4 Å². The fourth-order valence-electron chi connectivity index (χ4n) is 7.57. The fourth-order valence-corrected chi connectivity index (χ4v) is 8.54. The lowest BCUT2D eigenvalue weighted by molar-refractivity contribution is 0.0521. The van der Waals surface area contributed by atoms with E-state index in [1.165, 1.54) is 7.11 Å². The minimum atomic E-state index is -0.743. The van der Waals surface area contributed by atoms with Gasteiger partial charge in [0.15, 0.2) is 5.69 Å². The summed E-state index contributed by atoms with van der Waals surface area (Å²) in [5.74, 6) is -0.418. The first-order valence-electron chi connectivity index (χ1n) is 19.8. The molecular formula is C45H56N4O7S. The molecule has 57 heavy (non-hydrogen) atoms. The quantitative estimate of drug-likeness (QED) is 0.142. The standard InChI is InChI=1S/C43H50N4O7S.C2H6/c1-9-26-12-15-43(7,22-26)47-39(49)33-11-10-29(36(45-33)40(50)52-8)30-21-34-32(37-28(13-16-53-34)14-17-55-37)20-31(30)38(48)46-35-24(2)18-27(19-25(35)3)23-44-41(51)54-42(4,5)6;1-2/h10-11,14,17-21,26H,9,12-13,15-16,22-23H2,1-8H3,(H,44,51)(H,46,48)(H,47,49);1-2H3. The number of alkyl carbamates (subject to hydrolysis) is 1. The van der Waals surface area contributed by atoms with Gasteiger partial charge < -0.3 is 30.2 Å². The molecule has 2 unspecified atom stereocenters. The van der Waals surface area contributed by atoms with Gasteiger partial charge in [0, 0.05) is 51.3 Å². The van der Waals surface area contributed by atoms with E-state index in [1.54, 1.807) is 56.4 Å². The Morgan fingerprint density at radius 1 is 0.982 bits per heavy atom. The molecule has 0 bridgehead atoms. The highest BCUT2D eigenvalue weighted by Crippen LogP contribution is 2.44. The molecule has 11 nitrogen and oxygen atoms in total. The van der Waals surface area contributed by atoms with Crippen LogP contribution in [0.4, 0.5) is 10.5 Å². The van der Waals surface area contributed by atoms with E-state index >= 15 is 0 Å². The third-order valence-corrected chi connectivity index (χ3v) is 11.3. The SMILES string of the molecule is CC.CCC1CCC(C)(NC(=O)c2ccc(-c3cc4c(cc3C(=O)Nc3c(C)cc(CNC(=O)OC(C)(C)C)cc3C)-c3sccc3CCO4)c(C(=O)OC)n2)C1. The smallest absolute Gasteiger partial charge is 0.407 e. The number of carbonyl (C=O) groups is 4. The molecule has 2 atom stereocenters. The zero-order valence-corrected chi connectivity index (χ0v) is 35.7. The van der Waals surface area contributed by atoms with Crippen molar-refractivity contribution in [1.29, 1.82) is 0 Å². The van der Waals surface area contributed by atoms with Gasteiger partial charge in [0.2, 0.25) is 0 Å². The monoisotopic (exact) mass is 796 g/mol. The molecule has 0 saturated heterocycles. The molecule has 1 fully saturated rings. The van der Waals surface area contributed by atoms with E-state index in [-0.39, 0.29) is 34.9 Å². The summed E-state index contributed by atoms with van der Waals surface area (Å²) in [7, 11) is 1.26. The van der Waals surface area contributed by atoms with Crippen molar-refractivity contribution < 1.29 is 33.4 Å². The normalized spacial score (nSPS) is 17.1. The molecule has 1 saturated carbocycles. The summed E-state index contributed by atoms with van der Waals surface area (Å²) in [6, 6.07) is 12.7. The molecule has 304 valence electrons. The van der Waals surface area contributed by atoms with Crippen LogP contribution in [0.5, 0.6) is 5.75 Å². The summed E-state index contributed by atoms with van der Waals surface area (Å²) in [5.41, 5.74) is 4.96. The summed E-state index contributed by atoms with van der Waals surface area (Å²) in [5, 5.41) is 11.1. The van der Waals surface area contributed by atoms with Crippen molar-refractivity contribution in [2.75, 3.05) is 19.0 Å². The Morgan fingerprint density at radius 3 is 2.35 bits per heavy atom. The van der Waals surface area contributed by atoms with Gasteiger partial charge >= 0.3 is 12.1 Å². The number of rotatable bonds is 9. The lowest BCUT2D eigenvalue weighted by atomic mass is 9.93. The number of aryl methyl sites for hydroxylation is 2. The largest absolute Gasteiger partial charge is 0.493 e. The Hall–Kier alpha value is -5.23. The predicted octanol–water partition coefficient (Wildman–Crippen LogP) is 9.82. The molecule has 3 amide bonds. The topological polar surface area (TPSA) is 145 Å². The molecule has 3 heterocycles. The van der Waals surface area contributed by atoms with Crippen LogP contribution < -0.4 is 20.7 Å². The van der Waals surface area contributed by atoms with Gasteiger partial charge in [0.1, 0.15) is 17.0 Å². The number of thiophene rings is 1. The number of nitrogens with zero attached hydrogens (tertiary/aromatic N) is 1. The molecular weight excluding hydrogens is 741 g/mol. The van der Waals surface area contributed by atoms with Crippen LogP contribution in [0.25, 0.3) is 21.6 Å². The van der Waals surface area contributed by atoms with Crippen molar-refractivity contribution in [2.45, 2.75) is 112 Å². The maximum atomic E-state index is 14.6. The van der Waals surface area contributed by atoms with Crippen LogP contribution >= 0.6 is 11.3 Å². The van der Waals surface area contributed by atoms with E-state index in [2.05, 4.69) is 33.9 Å². The highest BCUT2D eigenvalue weighted by molar-refractivity contribution is 7.13. The lowest BCUT2D eigenvalue weighted by Gasteiger charge is -2.26. The van der Waals surface area contributed by atoms with Crippen LogP contribution in [0.15, 0.2) is 47.8 Å². The van der Waals surface area contributed by atoms with Crippen LogP contribution in [0.2, 0.25) is 0 Å². The van der Waals surface area contributed by atoms with E-state index in [1.807, 2.05) is 52.1 Å². The molecule has 2 aromatic carbocycles. The van der Waals surface area contributed by atoms with Crippen LogP contribution in [0.3, 0.4) is 0 Å². The summed E-state index contributed by atoms with van der Waals surface area (Å²) >= 11 is 1.57. The van der Waals surface area contributed by atoms with Gasteiger partial charge in [0.05, 0.1) is 13.7 Å². The number of hydrogen-bond acceptors (Lipinski definition) is 9. The van der Waals surface area contributed by atoms with Crippen LogP contribution in [0, 0.1) is 19.8 Å². The molecule has 4 aromatic rings. The minimum Gasteiger partial charge on any atom is -0.493 e. The number of anilines is 1. The number of carbonyl (C=O) groups excluding carboxylic acids is 4. The number of fused-ring (bicyclic) bond motifs is 3. The number of aromatic nitrogens is 1. The maximum absolute atomic E-state index is 14.6. The number of pyridine rings is 1. The Labute approximate surface area is 340 Å². The van der Waals surface area contributed by atoms with Crippen molar-refractivity contribution in [3.8, 4) is 27.3 Å². The van der Waals surface area contributed by atoms with E-state index in [9.17, 15) is 19.2 Å². The van der Waals surface area contributed by atoms with Gasteiger partial charge in [-0.15, -0.1) is 11.3 Å². The lowest BCUT2D eigenvalue weighted by Crippen LogP contribution is -2.44. The van der Waals surface area contributed by atoms with Crippen molar-refractivity contribution >= 4 is 40.9 Å². The Kier molecular flexibility index (Phi) is 13.5.